The Balaban J connectivity index is 2.50. The summed E-state index contributed by atoms with van der Waals surface area (Å²) < 4.78 is 11.8. The molecule has 1 heterocycles. The maximum atomic E-state index is 6.49. The lowest BCUT2D eigenvalue weighted by Crippen LogP contribution is -1.99. The van der Waals surface area contributed by atoms with E-state index >= 15 is 0 Å². The molecule has 4 heteroatoms. The second kappa shape index (κ2) is 5.37. The minimum Gasteiger partial charge on any atom is -0.496 e. The van der Waals surface area contributed by atoms with Gasteiger partial charge in [-0.1, -0.05) is 15.9 Å². The van der Waals surface area contributed by atoms with Gasteiger partial charge in [-0.3, -0.25) is 0 Å². The predicted octanol–water partition coefficient (Wildman–Crippen LogP) is 5.00. The summed E-state index contributed by atoms with van der Waals surface area (Å²) in [6.07, 6.45) is 1.65. The first-order chi connectivity index (χ1) is 8.54. The smallest absolute Gasteiger partial charge is 0.129 e. The van der Waals surface area contributed by atoms with E-state index in [1.54, 1.807) is 13.4 Å². The van der Waals surface area contributed by atoms with Crippen molar-refractivity contribution in [2.75, 3.05) is 7.11 Å². The summed E-state index contributed by atoms with van der Waals surface area (Å²) >= 11 is 10.0. The second-order valence-electron chi connectivity index (χ2n) is 4.17. The molecule has 0 amide bonds. The number of ether oxygens (including phenoxy) is 1. The highest BCUT2D eigenvalue weighted by Gasteiger charge is 2.21. The molecule has 2 aromatic rings. The fraction of sp³-hybridized carbons (Fsp3) is 0.286. The summed E-state index contributed by atoms with van der Waals surface area (Å²) in [5.41, 5.74) is 3.04. The van der Waals surface area contributed by atoms with Gasteiger partial charge < -0.3 is 9.15 Å². The summed E-state index contributed by atoms with van der Waals surface area (Å²) in [7, 11) is 1.64. The monoisotopic (exact) mass is 328 g/mol. The van der Waals surface area contributed by atoms with Crippen molar-refractivity contribution in [1.82, 2.24) is 0 Å². The number of hydrogen-bond donors (Lipinski definition) is 0. The molecule has 0 aliphatic rings. The molecule has 1 atom stereocenters. The van der Waals surface area contributed by atoms with Gasteiger partial charge in [-0.15, -0.1) is 11.6 Å². The van der Waals surface area contributed by atoms with Crippen LogP contribution >= 0.6 is 27.5 Å². The van der Waals surface area contributed by atoms with Crippen LogP contribution in [0.4, 0.5) is 0 Å². The number of alkyl halides is 1. The molecule has 0 spiro atoms. The Morgan fingerprint density at radius 3 is 2.56 bits per heavy atom. The lowest BCUT2D eigenvalue weighted by molar-refractivity contribution is 0.407. The molecule has 0 aliphatic carbocycles. The fourth-order valence-electron chi connectivity index (χ4n) is 1.83. The van der Waals surface area contributed by atoms with Crippen molar-refractivity contribution in [2.45, 2.75) is 19.2 Å². The van der Waals surface area contributed by atoms with Gasteiger partial charge in [0.15, 0.2) is 0 Å². The lowest BCUT2D eigenvalue weighted by Gasteiger charge is -2.15. The van der Waals surface area contributed by atoms with Gasteiger partial charge in [-0.25, -0.2) is 0 Å². The van der Waals surface area contributed by atoms with Gasteiger partial charge in [-0.2, -0.15) is 0 Å². The van der Waals surface area contributed by atoms with Crippen LogP contribution in [-0.2, 0) is 0 Å². The molecule has 0 aliphatic heterocycles. The third-order valence-electron chi connectivity index (χ3n) is 2.92. The quantitative estimate of drug-likeness (QED) is 0.740. The molecule has 0 saturated heterocycles. The zero-order valence-corrected chi connectivity index (χ0v) is 12.8. The van der Waals surface area contributed by atoms with E-state index in [1.807, 2.05) is 32.0 Å². The minimum atomic E-state index is -0.355. The predicted molar refractivity (Wildman–Crippen MR) is 76.6 cm³/mol. The van der Waals surface area contributed by atoms with Gasteiger partial charge in [0, 0.05) is 10.0 Å². The molecule has 1 unspecified atom stereocenters. The zero-order valence-electron chi connectivity index (χ0n) is 10.5. The number of benzene rings is 1. The van der Waals surface area contributed by atoms with Crippen LogP contribution in [0.3, 0.4) is 0 Å². The van der Waals surface area contributed by atoms with E-state index in [1.165, 1.54) is 0 Å². The van der Waals surface area contributed by atoms with Crippen LogP contribution in [-0.4, -0.2) is 7.11 Å². The van der Waals surface area contributed by atoms with E-state index in [2.05, 4.69) is 15.9 Å². The standard InChI is InChI=1S/C14H14BrClO2/c1-8-4-5-18-14(8)13(16)10-7-11(15)9(2)6-12(10)17-3/h4-7,13H,1-3H3. The van der Waals surface area contributed by atoms with E-state index in [4.69, 9.17) is 20.8 Å². The number of rotatable bonds is 3. The average Bonchev–Trinajstić information content (AvgIpc) is 2.77. The Kier molecular flexibility index (Phi) is 4.03. The number of aryl methyl sites for hydroxylation is 2. The molecule has 0 N–H and O–H groups in total. The third kappa shape index (κ3) is 2.43. The highest BCUT2D eigenvalue weighted by atomic mass is 79.9. The zero-order chi connectivity index (χ0) is 13.3. The Morgan fingerprint density at radius 1 is 1.28 bits per heavy atom. The summed E-state index contributed by atoms with van der Waals surface area (Å²) in [5, 5.41) is -0.355. The molecule has 96 valence electrons. The largest absolute Gasteiger partial charge is 0.496 e. The Labute approximate surface area is 120 Å². The topological polar surface area (TPSA) is 22.4 Å². The van der Waals surface area contributed by atoms with Crippen LogP contribution in [0.5, 0.6) is 5.75 Å². The van der Waals surface area contributed by atoms with Crippen LogP contribution in [0.25, 0.3) is 0 Å². The van der Waals surface area contributed by atoms with E-state index in [0.29, 0.717) is 0 Å². The molecule has 2 nitrogen and oxygen atoms in total. The van der Waals surface area contributed by atoms with E-state index in [9.17, 15) is 0 Å². The minimum absolute atomic E-state index is 0.355. The number of methoxy groups -OCH3 is 1. The Morgan fingerprint density at radius 2 is 2.00 bits per heavy atom. The molecule has 1 aromatic heterocycles. The third-order valence-corrected chi connectivity index (χ3v) is 4.20. The molecule has 2 rings (SSSR count). The highest BCUT2D eigenvalue weighted by Crippen LogP contribution is 2.39. The molecule has 0 radical (unpaired) electrons. The van der Waals surface area contributed by atoms with Crippen molar-refractivity contribution in [3.63, 3.8) is 0 Å². The van der Waals surface area contributed by atoms with Crippen molar-refractivity contribution in [3.8, 4) is 5.75 Å². The molecular formula is C14H14BrClO2. The number of halogens is 2. The number of hydrogen-bond acceptors (Lipinski definition) is 2. The average molecular weight is 330 g/mol. The highest BCUT2D eigenvalue weighted by molar-refractivity contribution is 9.10. The van der Waals surface area contributed by atoms with Crippen LogP contribution in [0.2, 0.25) is 0 Å². The van der Waals surface area contributed by atoms with Gasteiger partial charge in [0.05, 0.1) is 13.4 Å². The molecule has 0 fully saturated rings. The van der Waals surface area contributed by atoms with Crippen LogP contribution in [0, 0.1) is 13.8 Å². The summed E-state index contributed by atoms with van der Waals surface area (Å²) in [4.78, 5) is 0. The second-order valence-corrected chi connectivity index (χ2v) is 5.46. The maximum absolute atomic E-state index is 6.49. The van der Waals surface area contributed by atoms with Crippen molar-refractivity contribution >= 4 is 27.5 Å². The molecular weight excluding hydrogens is 316 g/mol. The fourth-order valence-corrected chi connectivity index (χ4v) is 2.59. The maximum Gasteiger partial charge on any atom is 0.129 e. The SMILES string of the molecule is COc1cc(C)c(Br)cc1C(Cl)c1occc1C. The van der Waals surface area contributed by atoms with Crippen LogP contribution in [0.15, 0.2) is 33.4 Å². The summed E-state index contributed by atoms with van der Waals surface area (Å²) in [5.74, 6) is 1.53. The van der Waals surface area contributed by atoms with Crippen molar-refractivity contribution in [1.29, 1.82) is 0 Å². The van der Waals surface area contributed by atoms with Crippen molar-refractivity contribution in [2.24, 2.45) is 0 Å². The van der Waals surface area contributed by atoms with E-state index in [-0.39, 0.29) is 5.38 Å². The van der Waals surface area contributed by atoms with Crippen LogP contribution in [0.1, 0.15) is 27.8 Å². The molecule has 1 aromatic carbocycles. The van der Waals surface area contributed by atoms with Gasteiger partial charge in [0.1, 0.15) is 16.9 Å². The van der Waals surface area contributed by atoms with Gasteiger partial charge in [0.2, 0.25) is 0 Å². The first kappa shape index (κ1) is 13.5. The van der Waals surface area contributed by atoms with Gasteiger partial charge in [-0.05, 0) is 43.2 Å². The Hall–Kier alpha value is -0.930. The van der Waals surface area contributed by atoms with Crippen molar-refractivity contribution in [3.05, 3.63) is 51.4 Å². The van der Waals surface area contributed by atoms with Gasteiger partial charge >= 0.3 is 0 Å². The van der Waals surface area contributed by atoms with Gasteiger partial charge in [0.25, 0.3) is 0 Å². The first-order valence-corrected chi connectivity index (χ1v) is 6.79. The Bertz CT molecular complexity index is 563. The van der Waals surface area contributed by atoms with Crippen molar-refractivity contribution < 1.29 is 9.15 Å². The first-order valence-electron chi connectivity index (χ1n) is 5.56. The van der Waals surface area contributed by atoms with E-state index < -0.39 is 0 Å². The molecule has 0 saturated carbocycles. The van der Waals surface area contributed by atoms with Crippen LogP contribution < -0.4 is 4.74 Å². The van der Waals surface area contributed by atoms with E-state index in [0.717, 1.165) is 32.7 Å². The number of furan rings is 1. The molecule has 0 bridgehead atoms. The summed E-state index contributed by atoms with van der Waals surface area (Å²) in [6, 6.07) is 5.85. The normalized spacial score (nSPS) is 12.5. The summed E-state index contributed by atoms with van der Waals surface area (Å²) in [6.45, 7) is 3.99. The molecule has 18 heavy (non-hydrogen) atoms. The lowest BCUT2D eigenvalue weighted by atomic mass is 10.0.